The summed E-state index contributed by atoms with van der Waals surface area (Å²) in [6.07, 6.45) is 2.03. The molecule has 0 spiro atoms. The highest BCUT2D eigenvalue weighted by molar-refractivity contribution is 6.33. The van der Waals surface area contributed by atoms with Crippen molar-refractivity contribution in [1.82, 2.24) is 14.5 Å². The molecule has 206 valence electrons. The van der Waals surface area contributed by atoms with E-state index in [9.17, 15) is 19.2 Å². The second-order valence-electron chi connectivity index (χ2n) is 9.90. The lowest BCUT2D eigenvalue weighted by molar-refractivity contribution is -0.120. The Morgan fingerprint density at radius 2 is 1.77 bits per heavy atom. The molecule has 2 aliphatic rings. The molecule has 2 heterocycles. The Bertz CT molecular complexity index is 1550. The van der Waals surface area contributed by atoms with Crippen molar-refractivity contribution < 1.29 is 14.3 Å². The molecule has 2 atom stereocenters. The molecule has 0 radical (unpaired) electrons. The van der Waals surface area contributed by atoms with Crippen molar-refractivity contribution in [2.75, 3.05) is 36.2 Å². The Hall–Kier alpha value is -3.83. The molecule has 1 saturated heterocycles. The molecule has 11 nitrogen and oxygen atoms in total. The number of fused-ring (bicyclic) bond motifs is 1. The van der Waals surface area contributed by atoms with Gasteiger partial charge in [0.1, 0.15) is 0 Å². The van der Waals surface area contributed by atoms with Crippen molar-refractivity contribution in [3.05, 3.63) is 62.3 Å². The number of anilines is 3. The Morgan fingerprint density at radius 3 is 2.46 bits per heavy atom. The van der Waals surface area contributed by atoms with Crippen molar-refractivity contribution in [1.29, 1.82) is 0 Å². The van der Waals surface area contributed by atoms with Gasteiger partial charge in [-0.15, -0.1) is 0 Å². The van der Waals surface area contributed by atoms with Crippen LogP contribution in [0.15, 0.2) is 46.0 Å². The minimum atomic E-state index is -0.641. The standard InChI is InChI=1S/C27H31ClN6O5/c1-3-33-23-9-7-16(10-18(23)25(36)34(27(33)38)12-15-4-5-15)30-24(35)19-13-39-14-22(19)32-26(37)31-17-6-8-21(29-2)20(28)11-17/h6-11,15,19,22,29H,3-5,12-14H2,1-2H3,(H,30,35)(H2,31,32,37)/t19?,22-/m0/s1. The maximum absolute atomic E-state index is 13.2. The number of aryl methyl sites for hydroxylation is 1. The van der Waals surface area contributed by atoms with E-state index in [1.807, 2.05) is 6.92 Å². The summed E-state index contributed by atoms with van der Waals surface area (Å²) in [4.78, 5) is 51.9. The molecule has 2 fully saturated rings. The molecule has 1 saturated carbocycles. The van der Waals surface area contributed by atoms with E-state index in [4.69, 9.17) is 16.3 Å². The molecule has 5 rings (SSSR count). The number of nitrogens with one attached hydrogen (secondary N) is 4. The molecule has 1 aromatic heterocycles. The lowest BCUT2D eigenvalue weighted by Crippen LogP contribution is -2.46. The number of aromatic nitrogens is 2. The van der Waals surface area contributed by atoms with E-state index in [0.717, 1.165) is 18.5 Å². The van der Waals surface area contributed by atoms with Crippen molar-refractivity contribution in [2.24, 2.45) is 11.8 Å². The van der Waals surface area contributed by atoms with E-state index in [0.29, 0.717) is 46.3 Å². The number of benzene rings is 2. The summed E-state index contributed by atoms with van der Waals surface area (Å²) in [7, 11) is 1.75. The van der Waals surface area contributed by atoms with Gasteiger partial charge in [0.2, 0.25) is 5.91 Å². The van der Waals surface area contributed by atoms with Crippen LogP contribution in [-0.4, -0.2) is 47.4 Å². The first-order valence-electron chi connectivity index (χ1n) is 13.0. The largest absolute Gasteiger partial charge is 0.387 e. The maximum atomic E-state index is 13.2. The van der Waals surface area contributed by atoms with Crippen LogP contribution in [0.1, 0.15) is 19.8 Å². The summed E-state index contributed by atoms with van der Waals surface area (Å²) in [5.74, 6) is -0.631. The van der Waals surface area contributed by atoms with Gasteiger partial charge in [-0.1, -0.05) is 11.6 Å². The summed E-state index contributed by atoms with van der Waals surface area (Å²) in [6, 6.07) is 8.99. The molecule has 1 aliphatic heterocycles. The van der Waals surface area contributed by atoms with E-state index < -0.39 is 18.0 Å². The molecule has 3 aromatic rings. The van der Waals surface area contributed by atoms with E-state index >= 15 is 0 Å². The third kappa shape index (κ3) is 5.64. The van der Waals surface area contributed by atoms with Crippen LogP contribution in [0.5, 0.6) is 0 Å². The van der Waals surface area contributed by atoms with Gasteiger partial charge in [-0.2, -0.15) is 0 Å². The number of amides is 3. The summed E-state index contributed by atoms with van der Waals surface area (Å²) in [5, 5.41) is 12.2. The number of urea groups is 1. The first kappa shape index (κ1) is 26.8. The Kier molecular flexibility index (Phi) is 7.62. The first-order chi connectivity index (χ1) is 18.8. The van der Waals surface area contributed by atoms with Crippen LogP contribution < -0.4 is 32.5 Å². The van der Waals surface area contributed by atoms with E-state index in [1.165, 1.54) is 4.57 Å². The van der Waals surface area contributed by atoms with Crippen molar-refractivity contribution >= 4 is 51.5 Å². The molecule has 0 bridgehead atoms. The van der Waals surface area contributed by atoms with Gasteiger partial charge in [0, 0.05) is 31.5 Å². The molecule has 1 aliphatic carbocycles. The highest BCUT2D eigenvalue weighted by Crippen LogP contribution is 2.30. The van der Waals surface area contributed by atoms with Gasteiger partial charge in [-0.05, 0) is 62.1 Å². The average Bonchev–Trinajstić information content (AvgIpc) is 3.62. The van der Waals surface area contributed by atoms with E-state index in [1.54, 1.807) is 48.0 Å². The van der Waals surface area contributed by atoms with Crippen LogP contribution >= 0.6 is 11.6 Å². The lowest BCUT2D eigenvalue weighted by atomic mass is 10.0. The van der Waals surface area contributed by atoms with Gasteiger partial charge in [0.25, 0.3) is 5.56 Å². The first-order valence-corrected chi connectivity index (χ1v) is 13.4. The highest BCUT2D eigenvalue weighted by atomic mass is 35.5. The fourth-order valence-corrected chi connectivity index (χ4v) is 5.12. The van der Waals surface area contributed by atoms with Gasteiger partial charge >= 0.3 is 11.7 Å². The number of nitrogens with zero attached hydrogens (tertiary/aromatic N) is 2. The molecule has 39 heavy (non-hydrogen) atoms. The molecule has 1 unspecified atom stereocenters. The van der Waals surface area contributed by atoms with Gasteiger partial charge in [0.15, 0.2) is 0 Å². The smallest absolute Gasteiger partial charge is 0.331 e. The van der Waals surface area contributed by atoms with Crippen LogP contribution in [0.4, 0.5) is 21.9 Å². The quantitative estimate of drug-likeness (QED) is 0.338. The number of halogens is 1. The second kappa shape index (κ2) is 11.1. The van der Waals surface area contributed by atoms with E-state index in [2.05, 4.69) is 21.3 Å². The number of hydrogen-bond donors (Lipinski definition) is 4. The Labute approximate surface area is 229 Å². The molecule has 3 amide bonds. The molecule has 2 aromatic carbocycles. The van der Waals surface area contributed by atoms with Crippen LogP contribution in [0.2, 0.25) is 5.02 Å². The zero-order valence-electron chi connectivity index (χ0n) is 21.8. The van der Waals surface area contributed by atoms with Crippen molar-refractivity contribution in [3.8, 4) is 0 Å². The van der Waals surface area contributed by atoms with Gasteiger partial charge in [-0.3, -0.25) is 18.7 Å². The lowest BCUT2D eigenvalue weighted by Gasteiger charge is -2.19. The normalized spacial score (nSPS) is 18.6. The second-order valence-corrected chi connectivity index (χ2v) is 10.3. The zero-order chi connectivity index (χ0) is 27.7. The third-order valence-electron chi connectivity index (χ3n) is 7.18. The van der Waals surface area contributed by atoms with E-state index in [-0.39, 0.29) is 30.4 Å². The number of carbonyl (C=O) groups is 2. The Morgan fingerprint density at radius 1 is 1.03 bits per heavy atom. The van der Waals surface area contributed by atoms with Gasteiger partial charge in [-0.25, -0.2) is 9.59 Å². The van der Waals surface area contributed by atoms with Crippen LogP contribution in [0.25, 0.3) is 10.9 Å². The predicted octanol–water partition coefficient (Wildman–Crippen LogP) is 3.06. The minimum absolute atomic E-state index is 0.136. The number of ether oxygens (including phenoxy) is 1. The van der Waals surface area contributed by atoms with Crippen LogP contribution in [0.3, 0.4) is 0 Å². The molecule has 4 N–H and O–H groups in total. The van der Waals surface area contributed by atoms with Crippen molar-refractivity contribution in [3.63, 3.8) is 0 Å². The maximum Gasteiger partial charge on any atom is 0.331 e. The van der Waals surface area contributed by atoms with Gasteiger partial charge < -0.3 is 26.0 Å². The summed E-state index contributed by atoms with van der Waals surface area (Å²) in [6.45, 7) is 3.00. The number of hydrogen-bond acceptors (Lipinski definition) is 6. The minimum Gasteiger partial charge on any atom is -0.387 e. The zero-order valence-corrected chi connectivity index (χ0v) is 22.5. The topological polar surface area (TPSA) is 135 Å². The number of rotatable bonds is 8. The fraction of sp³-hybridized carbons (Fsp3) is 0.407. The fourth-order valence-electron chi connectivity index (χ4n) is 4.85. The molecule has 12 heteroatoms. The van der Waals surface area contributed by atoms with Crippen molar-refractivity contribution in [2.45, 2.75) is 38.9 Å². The highest BCUT2D eigenvalue weighted by Gasteiger charge is 2.35. The van der Waals surface area contributed by atoms with Crippen LogP contribution in [0, 0.1) is 11.8 Å². The third-order valence-corrected chi connectivity index (χ3v) is 7.49. The Balaban J connectivity index is 1.30. The number of carbonyl (C=O) groups excluding carboxylic acids is 2. The van der Waals surface area contributed by atoms with Gasteiger partial charge in [0.05, 0.1) is 46.8 Å². The average molecular weight is 555 g/mol. The SMILES string of the molecule is CCn1c(=O)n(CC2CC2)c(=O)c2cc(NC(=O)C3COC[C@@H]3NC(=O)Nc3ccc(NC)c(Cl)c3)ccc21. The summed E-state index contributed by atoms with van der Waals surface area (Å²) in [5.41, 5.74) is 1.53. The summed E-state index contributed by atoms with van der Waals surface area (Å²) >= 11 is 6.18. The summed E-state index contributed by atoms with van der Waals surface area (Å²) < 4.78 is 8.38. The molecular weight excluding hydrogens is 524 g/mol. The molecular formula is C27H31ClN6O5. The predicted molar refractivity (Wildman–Crippen MR) is 151 cm³/mol. The van der Waals surface area contributed by atoms with Crippen LogP contribution in [-0.2, 0) is 22.6 Å². The monoisotopic (exact) mass is 554 g/mol.